The second-order valence-electron chi connectivity index (χ2n) is 6.39. The van der Waals surface area contributed by atoms with Crippen molar-refractivity contribution in [3.8, 4) is 0 Å². The van der Waals surface area contributed by atoms with Gasteiger partial charge in [-0.05, 0) is 37.6 Å². The Morgan fingerprint density at radius 3 is 2.86 bits per heavy atom. The van der Waals surface area contributed by atoms with E-state index in [2.05, 4.69) is 11.4 Å². The molecule has 1 N–H and O–H groups in total. The Balaban J connectivity index is 1.49. The molecule has 1 spiro atoms. The molecule has 1 saturated heterocycles. The number of carbonyl (C=O) groups excluding carboxylic acids is 1. The molecule has 5 heteroatoms. The molecule has 4 nitrogen and oxygen atoms in total. The number of carbonyl (C=O) groups is 1. The Morgan fingerprint density at radius 2 is 2.27 bits per heavy atom. The maximum Gasteiger partial charge on any atom is 0.222 e. The molecule has 1 aliphatic carbocycles. The molecule has 1 aromatic heterocycles. The van der Waals surface area contributed by atoms with Crippen molar-refractivity contribution in [2.24, 2.45) is 5.41 Å². The van der Waals surface area contributed by atoms with Gasteiger partial charge in [-0.3, -0.25) is 4.79 Å². The van der Waals surface area contributed by atoms with E-state index in [9.17, 15) is 9.90 Å². The predicted octanol–water partition coefficient (Wildman–Crippen LogP) is 2.46. The van der Waals surface area contributed by atoms with E-state index in [1.54, 1.807) is 11.3 Å². The smallest absolute Gasteiger partial charge is 0.222 e. The number of hydrogen-bond donors (Lipinski definition) is 1. The SMILES string of the molecule is CCOC1CC(O)C12CCN(C(=O)CCc1cccs1)CC2. The van der Waals surface area contributed by atoms with Gasteiger partial charge in [0, 0.05) is 42.8 Å². The third kappa shape index (κ3) is 2.94. The average Bonchev–Trinajstić information content (AvgIpc) is 3.06. The fourth-order valence-corrected chi connectivity index (χ4v) is 4.54. The lowest BCUT2D eigenvalue weighted by Gasteiger charge is -2.56. The molecular weight excluding hydrogens is 298 g/mol. The fourth-order valence-electron chi connectivity index (χ4n) is 3.83. The quantitative estimate of drug-likeness (QED) is 0.905. The van der Waals surface area contributed by atoms with Crippen LogP contribution in [0.5, 0.6) is 0 Å². The van der Waals surface area contributed by atoms with Gasteiger partial charge in [0.25, 0.3) is 0 Å². The number of thiophene rings is 1. The number of likely N-dealkylation sites (tertiary alicyclic amines) is 1. The van der Waals surface area contributed by atoms with E-state index in [0.717, 1.165) is 38.8 Å². The number of aliphatic hydroxyl groups is 1. The van der Waals surface area contributed by atoms with Gasteiger partial charge in [0.05, 0.1) is 12.2 Å². The van der Waals surface area contributed by atoms with Gasteiger partial charge in [-0.2, -0.15) is 0 Å². The molecule has 3 rings (SSSR count). The molecule has 2 fully saturated rings. The Bertz CT molecular complexity index is 492. The minimum Gasteiger partial charge on any atom is -0.392 e. The molecule has 1 amide bonds. The number of ether oxygens (including phenoxy) is 1. The van der Waals surface area contributed by atoms with Crippen molar-refractivity contribution in [1.82, 2.24) is 4.90 Å². The third-order valence-corrected chi connectivity index (χ3v) is 6.26. The van der Waals surface area contributed by atoms with Crippen LogP contribution in [-0.2, 0) is 16.0 Å². The average molecular weight is 323 g/mol. The van der Waals surface area contributed by atoms with Crippen molar-refractivity contribution in [2.75, 3.05) is 19.7 Å². The first kappa shape index (κ1) is 16.0. The van der Waals surface area contributed by atoms with Gasteiger partial charge in [0.2, 0.25) is 5.91 Å². The lowest BCUT2D eigenvalue weighted by atomic mass is 9.58. The number of hydrogen-bond acceptors (Lipinski definition) is 4. The van der Waals surface area contributed by atoms with E-state index in [1.165, 1.54) is 4.88 Å². The van der Waals surface area contributed by atoms with Crippen LogP contribution in [0.1, 0.15) is 37.5 Å². The molecule has 2 aliphatic rings. The van der Waals surface area contributed by atoms with Gasteiger partial charge in [-0.1, -0.05) is 6.07 Å². The highest BCUT2D eigenvalue weighted by atomic mass is 32.1. The summed E-state index contributed by atoms with van der Waals surface area (Å²) in [6, 6.07) is 4.11. The summed E-state index contributed by atoms with van der Waals surface area (Å²) in [5, 5.41) is 12.2. The Kier molecular flexibility index (Phi) is 4.85. The number of aliphatic hydroxyl groups excluding tert-OH is 1. The van der Waals surface area contributed by atoms with E-state index in [0.29, 0.717) is 13.0 Å². The molecule has 1 saturated carbocycles. The standard InChI is InChI=1S/C17H25NO3S/c1-2-21-15-12-14(19)17(15)7-9-18(10-8-17)16(20)6-5-13-4-3-11-22-13/h3-4,11,14-15,19H,2,5-10,12H2,1H3. The lowest BCUT2D eigenvalue weighted by molar-refractivity contribution is -0.210. The summed E-state index contributed by atoms with van der Waals surface area (Å²) in [4.78, 5) is 15.6. The maximum absolute atomic E-state index is 12.3. The van der Waals surface area contributed by atoms with Crippen LogP contribution >= 0.6 is 11.3 Å². The molecule has 22 heavy (non-hydrogen) atoms. The molecule has 2 unspecified atom stereocenters. The van der Waals surface area contributed by atoms with E-state index in [1.807, 2.05) is 17.9 Å². The first-order chi connectivity index (χ1) is 10.7. The van der Waals surface area contributed by atoms with Gasteiger partial charge >= 0.3 is 0 Å². The van der Waals surface area contributed by atoms with Crippen LogP contribution in [0.25, 0.3) is 0 Å². The van der Waals surface area contributed by atoms with Crippen LogP contribution in [0, 0.1) is 5.41 Å². The van der Waals surface area contributed by atoms with Crippen LogP contribution in [0.2, 0.25) is 0 Å². The number of piperidine rings is 1. The number of rotatable bonds is 5. The molecule has 2 heterocycles. The third-order valence-electron chi connectivity index (χ3n) is 5.32. The van der Waals surface area contributed by atoms with Crippen molar-refractivity contribution >= 4 is 17.2 Å². The van der Waals surface area contributed by atoms with Crippen LogP contribution < -0.4 is 0 Å². The van der Waals surface area contributed by atoms with Crippen molar-refractivity contribution in [1.29, 1.82) is 0 Å². The first-order valence-electron chi connectivity index (χ1n) is 8.25. The number of aryl methyl sites for hydroxylation is 1. The summed E-state index contributed by atoms with van der Waals surface area (Å²) >= 11 is 1.71. The van der Waals surface area contributed by atoms with Crippen LogP contribution in [0.4, 0.5) is 0 Å². The monoisotopic (exact) mass is 323 g/mol. The molecular formula is C17H25NO3S. The minimum absolute atomic E-state index is 0.0967. The summed E-state index contributed by atoms with van der Waals surface area (Å²) in [6.45, 7) is 4.21. The molecule has 2 atom stereocenters. The van der Waals surface area contributed by atoms with Crippen LogP contribution in [0.3, 0.4) is 0 Å². The Morgan fingerprint density at radius 1 is 1.50 bits per heavy atom. The van der Waals surface area contributed by atoms with Crippen LogP contribution in [-0.4, -0.2) is 47.8 Å². The van der Waals surface area contributed by atoms with E-state index in [4.69, 9.17) is 4.74 Å². The summed E-state index contributed by atoms with van der Waals surface area (Å²) in [7, 11) is 0. The summed E-state index contributed by atoms with van der Waals surface area (Å²) < 4.78 is 5.77. The highest BCUT2D eigenvalue weighted by Crippen LogP contribution is 2.50. The predicted molar refractivity (Wildman–Crippen MR) is 86.9 cm³/mol. The molecule has 1 aromatic rings. The fraction of sp³-hybridized carbons (Fsp3) is 0.706. The number of amides is 1. The van der Waals surface area contributed by atoms with Crippen molar-refractivity contribution in [3.63, 3.8) is 0 Å². The topological polar surface area (TPSA) is 49.8 Å². The van der Waals surface area contributed by atoms with E-state index < -0.39 is 0 Å². The lowest BCUT2D eigenvalue weighted by Crippen LogP contribution is -2.62. The summed E-state index contributed by atoms with van der Waals surface area (Å²) in [5.74, 6) is 0.241. The van der Waals surface area contributed by atoms with Gasteiger partial charge in [-0.15, -0.1) is 11.3 Å². The zero-order valence-electron chi connectivity index (χ0n) is 13.2. The van der Waals surface area contributed by atoms with Crippen molar-refractivity contribution in [3.05, 3.63) is 22.4 Å². The highest BCUT2D eigenvalue weighted by molar-refractivity contribution is 7.09. The van der Waals surface area contributed by atoms with Gasteiger partial charge < -0.3 is 14.7 Å². The normalized spacial score (nSPS) is 26.9. The largest absolute Gasteiger partial charge is 0.392 e. The molecule has 0 radical (unpaired) electrons. The molecule has 0 aromatic carbocycles. The zero-order chi connectivity index (χ0) is 15.6. The van der Waals surface area contributed by atoms with Gasteiger partial charge in [0.1, 0.15) is 0 Å². The zero-order valence-corrected chi connectivity index (χ0v) is 14.0. The Labute approximate surface area is 136 Å². The van der Waals surface area contributed by atoms with Crippen molar-refractivity contribution in [2.45, 2.75) is 51.2 Å². The second kappa shape index (κ2) is 6.69. The molecule has 1 aliphatic heterocycles. The molecule has 0 bridgehead atoms. The highest BCUT2D eigenvalue weighted by Gasteiger charge is 2.56. The second-order valence-corrected chi connectivity index (χ2v) is 7.42. The maximum atomic E-state index is 12.3. The van der Waals surface area contributed by atoms with Crippen molar-refractivity contribution < 1.29 is 14.6 Å². The molecule has 122 valence electrons. The van der Waals surface area contributed by atoms with Crippen LogP contribution in [0.15, 0.2) is 17.5 Å². The number of nitrogens with zero attached hydrogens (tertiary/aromatic N) is 1. The summed E-state index contributed by atoms with van der Waals surface area (Å²) in [5.41, 5.74) is -0.0967. The van der Waals surface area contributed by atoms with E-state index in [-0.39, 0.29) is 23.5 Å². The van der Waals surface area contributed by atoms with Gasteiger partial charge in [0.15, 0.2) is 0 Å². The van der Waals surface area contributed by atoms with Gasteiger partial charge in [-0.25, -0.2) is 0 Å². The summed E-state index contributed by atoms with van der Waals surface area (Å²) in [6.07, 6.45) is 3.82. The van der Waals surface area contributed by atoms with E-state index >= 15 is 0 Å². The Hall–Kier alpha value is -0.910. The minimum atomic E-state index is -0.257. The first-order valence-corrected chi connectivity index (χ1v) is 9.13.